The summed E-state index contributed by atoms with van der Waals surface area (Å²) >= 11 is 0. The lowest BCUT2D eigenvalue weighted by Gasteiger charge is -2.21. The monoisotopic (exact) mass is 428 g/mol. The molecular weight excluding hydrogens is 400 g/mol. The number of rotatable bonds is 6. The van der Waals surface area contributed by atoms with Crippen molar-refractivity contribution in [3.63, 3.8) is 0 Å². The number of nitrogens with two attached hydrogens (primary N) is 1. The summed E-state index contributed by atoms with van der Waals surface area (Å²) in [5, 5.41) is 9.53. The van der Waals surface area contributed by atoms with Crippen molar-refractivity contribution in [1.29, 1.82) is 0 Å². The Labute approximate surface area is 188 Å². The number of amides is 1. The molecule has 0 spiro atoms. The molecular formula is C26H28N4O2. The summed E-state index contributed by atoms with van der Waals surface area (Å²) in [5.41, 5.74) is 11.2. The maximum atomic E-state index is 13.1. The smallest absolute Gasteiger partial charge is 0.252 e. The fourth-order valence-corrected chi connectivity index (χ4v) is 4.12. The molecule has 0 aliphatic carbocycles. The van der Waals surface area contributed by atoms with Crippen molar-refractivity contribution in [2.45, 2.75) is 26.4 Å². The summed E-state index contributed by atoms with van der Waals surface area (Å²) in [4.78, 5) is 13.1. The van der Waals surface area contributed by atoms with Gasteiger partial charge in [0, 0.05) is 41.9 Å². The number of aryl methyl sites for hydroxylation is 2. The number of nitrogens with zero attached hydrogens (tertiary/aromatic N) is 2. The predicted octanol–water partition coefficient (Wildman–Crippen LogP) is 4.51. The molecule has 1 amide bonds. The Morgan fingerprint density at radius 3 is 2.59 bits per heavy atom. The van der Waals surface area contributed by atoms with E-state index in [2.05, 4.69) is 22.5 Å². The summed E-state index contributed by atoms with van der Waals surface area (Å²) in [6.07, 6.45) is 3.78. The minimum absolute atomic E-state index is 0.117. The second kappa shape index (κ2) is 8.85. The SMILES string of the molecule is COc1c(-c2cnn(C)c2)cc(C(C)NC(=O)c2cc(CN)ccc2C)c2ccccc12. The van der Waals surface area contributed by atoms with E-state index in [0.29, 0.717) is 12.1 Å². The van der Waals surface area contributed by atoms with Gasteiger partial charge < -0.3 is 15.8 Å². The molecule has 1 aromatic heterocycles. The zero-order valence-electron chi connectivity index (χ0n) is 18.8. The van der Waals surface area contributed by atoms with Gasteiger partial charge in [-0.1, -0.05) is 36.4 Å². The zero-order valence-corrected chi connectivity index (χ0v) is 18.8. The Morgan fingerprint density at radius 2 is 1.94 bits per heavy atom. The Bertz CT molecular complexity index is 1290. The lowest BCUT2D eigenvalue weighted by Crippen LogP contribution is -2.27. The third-order valence-corrected chi connectivity index (χ3v) is 5.84. The number of nitrogens with one attached hydrogen (secondary N) is 1. The molecule has 0 radical (unpaired) electrons. The van der Waals surface area contributed by atoms with Crippen molar-refractivity contribution in [2.24, 2.45) is 12.8 Å². The normalized spacial score (nSPS) is 12.0. The van der Waals surface area contributed by atoms with Gasteiger partial charge in [0.15, 0.2) is 0 Å². The van der Waals surface area contributed by atoms with E-state index in [9.17, 15) is 4.79 Å². The molecule has 1 atom stereocenters. The van der Waals surface area contributed by atoms with Gasteiger partial charge in [0.1, 0.15) is 5.75 Å². The van der Waals surface area contributed by atoms with Crippen LogP contribution in [-0.2, 0) is 13.6 Å². The van der Waals surface area contributed by atoms with E-state index in [1.807, 2.05) is 69.7 Å². The average Bonchev–Trinajstić information content (AvgIpc) is 3.24. The highest BCUT2D eigenvalue weighted by molar-refractivity contribution is 5.99. The van der Waals surface area contributed by atoms with Crippen LogP contribution in [0.2, 0.25) is 0 Å². The molecule has 32 heavy (non-hydrogen) atoms. The molecule has 164 valence electrons. The number of hydrogen-bond donors (Lipinski definition) is 2. The highest BCUT2D eigenvalue weighted by Gasteiger charge is 2.20. The lowest BCUT2D eigenvalue weighted by atomic mass is 9.93. The van der Waals surface area contributed by atoms with Gasteiger partial charge in [-0.05, 0) is 48.1 Å². The standard InChI is InChI=1S/C26H28N4O2/c1-16-9-10-18(13-27)11-22(16)26(31)29-17(2)23-12-24(19-14-28-30(3)15-19)25(32-4)21-8-6-5-7-20(21)23/h5-12,14-15,17H,13,27H2,1-4H3,(H,29,31). The minimum Gasteiger partial charge on any atom is -0.495 e. The predicted molar refractivity (Wildman–Crippen MR) is 128 cm³/mol. The van der Waals surface area contributed by atoms with Crippen LogP contribution >= 0.6 is 0 Å². The first kappa shape index (κ1) is 21.6. The molecule has 0 fully saturated rings. The van der Waals surface area contributed by atoms with Crippen LogP contribution in [0.5, 0.6) is 5.75 Å². The highest BCUT2D eigenvalue weighted by atomic mass is 16.5. The van der Waals surface area contributed by atoms with E-state index < -0.39 is 0 Å². The summed E-state index contributed by atoms with van der Waals surface area (Å²) in [6, 6.07) is 15.7. The first-order valence-electron chi connectivity index (χ1n) is 10.6. The van der Waals surface area contributed by atoms with E-state index in [1.165, 1.54) is 0 Å². The van der Waals surface area contributed by atoms with E-state index in [1.54, 1.807) is 11.8 Å². The van der Waals surface area contributed by atoms with Gasteiger partial charge in [-0.15, -0.1) is 0 Å². The fraction of sp³-hybridized carbons (Fsp3) is 0.231. The quantitative estimate of drug-likeness (QED) is 0.473. The molecule has 0 saturated heterocycles. The number of aromatic nitrogens is 2. The maximum Gasteiger partial charge on any atom is 0.252 e. The van der Waals surface area contributed by atoms with Crippen molar-refractivity contribution in [1.82, 2.24) is 15.1 Å². The molecule has 4 aromatic rings. The molecule has 1 unspecified atom stereocenters. The Kier molecular flexibility index (Phi) is 5.97. The van der Waals surface area contributed by atoms with Crippen LogP contribution in [0.25, 0.3) is 21.9 Å². The number of carbonyl (C=O) groups excluding carboxylic acids is 1. The van der Waals surface area contributed by atoms with Crippen LogP contribution in [-0.4, -0.2) is 22.8 Å². The number of carbonyl (C=O) groups is 1. The number of fused-ring (bicyclic) bond motifs is 1. The van der Waals surface area contributed by atoms with E-state index in [4.69, 9.17) is 10.5 Å². The molecule has 0 aliphatic rings. The second-order valence-electron chi connectivity index (χ2n) is 8.04. The van der Waals surface area contributed by atoms with Gasteiger partial charge in [-0.25, -0.2) is 0 Å². The number of ether oxygens (including phenoxy) is 1. The lowest BCUT2D eigenvalue weighted by molar-refractivity contribution is 0.0939. The van der Waals surface area contributed by atoms with Gasteiger partial charge in [-0.3, -0.25) is 9.48 Å². The summed E-state index contributed by atoms with van der Waals surface area (Å²) in [5.74, 6) is 0.676. The van der Waals surface area contributed by atoms with Gasteiger partial charge in [0.05, 0.1) is 19.3 Å². The highest BCUT2D eigenvalue weighted by Crippen LogP contribution is 2.40. The van der Waals surface area contributed by atoms with Crippen LogP contribution in [0.3, 0.4) is 0 Å². The van der Waals surface area contributed by atoms with Crippen molar-refractivity contribution in [3.8, 4) is 16.9 Å². The summed E-state index contributed by atoms with van der Waals surface area (Å²) in [7, 11) is 3.57. The third-order valence-electron chi connectivity index (χ3n) is 5.84. The van der Waals surface area contributed by atoms with Crippen molar-refractivity contribution < 1.29 is 9.53 Å². The summed E-state index contributed by atoms with van der Waals surface area (Å²) in [6.45, 7) is 4.33. The molecule has 6 heteroatoms. The van der Waals surface area contributed by atoms with Crippen LogP contribution in [0, 0.1) is 6.92 Å². The van der Waals surface area contributed by atoms with E-state index in [0.717, 1.165) is 44.3 Å². The minimum atomic E-state index is -0.227. The second-order valence-corrected chi connectivity index (χ2v) is 8.04. The van der Waals surface area contributed by atoms with Crippen LogP contribution in [0.1, 0.15) is 40.0 Å². The molecule has 0 saturated carbocycles. The first-order valence-corrected chi connectivity index (χ1v) is 10.6. The van der Waals surface area contributed by atoms with Crippen LogP contribution < -0.4 is 15.8 Å². The summed E-state index contributed by atoms with van der Waals surface area (Å²) < 4.78 is 7.58. The Balaban J connectivity index is 1.79. The number of benzene rings is 3. The van der Waals surface area contributed by atoms with Gasteiger partial charge in [0.2, 0.25) is 0 Å². The Morgan fingerprint density at radius 1 is 1.19 bits per heavy atom. The molecule has 1 heterocycles. The third kappa shape index (κ3) is 3.97. The van der Waals surface area contributed by atoms with Crippen molar-refractivity contribution in [3.05, 3.63) is 83.2 Å². The largest absolute Gasteiger partial charge is 0.495 e. The van der Waals surface area contributed by atoms with Gasteiger partial charge in [-0.2, -0.15) is 5.10 Å². The van der Waals surface area contributed by atoms with Crippen molar-refractivity contribution >= 4 is 16.7 Å². The van der Waals surface area contributed by atoms with Crippen molar-refractivity contribution in [2.75, 3.05) is 7.11 Å². The van der Waals surface area contributed by atoms with E-state index in [-0.39, 0.29) is 11.9 Å². The van der Waals surface area contributed by atoms with Crippen LogP contribution in [0.4, 0.5) is 0 Å². The zero-order chi connectivity index (χ0) is 22.8. The molecule has 0 bridgehead atoms. The maximum absolute atomic E-state index is 13.1. The van der Waals surface area contributed by atoms with Gasteiger partial charge >= 0.3 is 0 Å². The van der Waals surface area contributed by atoms with E-state index >= 15 is 0 Å². The number of hydrogen-bond acceptors (Lipinski definition) is 4. The molecule has 4 rings (SSSR count). The van der Waals surface area contributed by atoms with Gasteiger partial charge in [0.25, 0.3) is 5.91 Å². The Hall–Kier alpha value is -3.64. The molecule has 0 aliphatic heterocycles. The fourth-order valence-electron chi connectivity index (χ4n) is 4.12. The molecule has 3 N–H and O–H groups in total. The average molecular weight is 429 g/mol. The first-order chi connectivity index (χ1) is 15.4. The molecule has 3 aromatic carbocycles. The number of methoxy groups -OCH3 is 1. The van der Waals surface area contributed by atoms with Crippen LogP contribution in [0.15, 0.2) is 60.9 Å². The topological polar surface area (TPSA) is 82.2 Å². The molecule has 6 nitrogen and oxygen atoms in total.